The van der Waals surface area contributed by atoms with E-state index in [1.54, 1.807) is 25.3 Å². The third kappa shape index (κ3) is 5.28. The van der Waals surface area contributed by atoms with E-state index in [9.17, 15) is 4.79 Å². The Balaban J connectivity index is 2.47. The molecular weight excluding hydrogens is 220 g/mol. The van der Waals surface area contributed by atoms with E-state index in [4.69, 9.17) is 10.8 Å². The summed E-state index contributed by atoms with van der Waals surface area (Å²) in [5.41, 5.74) is 5.90. The summed E-state index contributed by atoms with van der Waals surface area (Å²) in [5, 5.41) is 14.7. The monoisotopic (exact) mass is 238 g/mol. The molecule has 1 aromatic heterocycles. The Bertz CT molecular complexity index is 351. The maximum Gasteiger partial charge on any atom is 0.225 e. The summed E-state index contributed by atoms with van der Waals surface area (Å²) in [6, 6.07) is 3.48. The molecule has 0 bridgehead atoms. The van der Waals surface area contributed by atoms with Crippen LogP contribution in [0.15, 0.2) is 18.3 Å². The lowest BCUT2D eigenvalue weighted by atomic mass is 10.3. The number of anilines is 2. The summed E-state index contributed by atoms with van der Waals surface area (Å²) >= 11 is 0. The van der Waals surface area contributed by atoms with Crippen molar-refractivity contribution in [2.75, 3.05) is 23.7 Å². The second-order valence-electron chi connectivity index (χ2n) is 3.75. The zero-order chi connectivity index (χ0) is 12.7. The molecule has 0 fully saturated rings. The molecule has 0 saturated carbocycles. The Labute approximate surface area is 100 Å². The van der Waals surface area contributed by atoms with Gasteiger partial charge < -0.3 is 21.5 Å². The van der Waals surface area contributed by atoms with Crippen molar-refractivity contribution in [3.8, 4) is 0 Å². The zero-order valence-corrected chi connectivity index (χ0v) is 9.81. The first-order valence-corrected chi connectivity index (χ1v) is 5.49. The van der Waals surface area contributed by atoms with Gasteiger partial charge in [-0.25, -0.2) is 4.98 Å². The van der Waals surface area contributed by atoms with Crippen molar-refractivity contribution in [2.24, 2.45) is 5.73 Å². The summed E-state index contributed by atoms with van der Waals surface area (Å²) in [5.74, 6) is 0.529. The van der Waals surface area contributed by atoms with E-state index in [1.165, 1.54) is 0 Å². The Morgan fingerprint density at radius 2 is 2.35 bits per heavy atom. The maximum atomic E-state index is 11.2. The molecule has 0 aliphatic carbocycles. The van der Waals surface area contributed by atoms with Crippen molar-refractivity contribution < 1.29 is 9.90 Å². The summed E-state index contributed by atoms with van der Waals surface area (Å²) in [7, 11) is 0. The van der Waals surface area contributed by atoms with E-state index in [0.29, 0.717) is 31.0 Å². The Kier molecular flexibility index (Phi) is 5.38. The summed E-state index contributed by atoms with van der Waals surface area (Å²) in [6.07, 6.45) is 1.42. The van der Waals surface area contributed by atoms with Gasteiger partial charge in [-0.15, -0.1) is 0 Å². The van der Waals surface area contributed by atoms with Crippen molar-refractivity contribution in [1.29, 1.82) is 0 Å². The molecule has 1 amide bonds. The van der Waals surface area contributed by atoms with Crippen LogP contribution in [0.1, 0.15) is 13.3 Å². The van der Waals surface area contributed by atoms with E-state index in [0.717, 1.165) is 0 Å². The van der Waals surface area contributed by atoms with Gasteiger partial charge in [0.2, 0.25) is 5.91 Å². The Morgan fingerprint density at radius 1 is 1.59 bits per heavy atom. The van der Waals surface area contributed by atoms with Crippen molar-refractivity contribution in [2.45, 2.75) is 19.4 Å². The number of pyridine rings is 1. The van der Waals surface area contributed by atoms with Crippen LogP contribution >= 0.6 is 0 Å². The van der Waals surface area contributed by atoms with Gasteiger partial charge in [-0.3, -0.25) is 4.79 Å². The molecule has 6 heteroatoms. The first-order valence-electron chi connectivity index (χ1n) is 5.49. The van der Waals surface area contributed by atoms with Gasteiger partial charge in [0.25, 0.3) is 0 Å². The number of rotatable bonds is 6. The maximum absolute atomic E-state index is 11.2. The molecule has 0 aliphatic heterocycles. The number of amides is 1. The Morgan fingerprint density at radius 3 is 2.88 bits per heavy atom. The summed E-state index contributed by atoms with van der Waals surface area (Å²) in [4.78, 5) is 15.3. The number of aliphatic hydroxyl groups excluding tert-OH is 1. The lowest BCUT2D eigenvalue weighted by molar-refractivity contribution is -0.116. The van der Waals surface area contributed by atoms with Gasteiger partial charge in [0, 0.05) is 19.5 Å². The molecule has 5 N–H and O–H groups in total. The molecule has 1 heterocycles. The highest BCUT2D eigenvalue weighted by Crippen LogP contribution is 2.09. The van der Waals surface area contributed by atoms with E-state index >= 15 is 0 Å². The van der Waals surface area contributed by atoms with Crippen LogP contribution in [0.25, 0.3) is 0 Å². The summed E-state index contributed by atoms with van der Waals surface area (Å²) in [6.45, 7) is 2.45. The molecule has 94 valence electrons. The van der Waals surface area contributed by atoms with Crippen LogP contribution in [0.4, 0.5) is 11.5 Å². The van der Waals surface area contributed by atoms with Gasteiger partial charge >= 0.3 is 0 Å². The average molecular weight is 238 g/mol. The lowest BCUT2D eigenvalue weighted by Gasteiger charge is -2.08. The van der Waals surface area contributed by atoms with Gasteiger partial charge in [0.05, 0.1) is 18.0 Å². The minimum Gasteiger partial charge on any atom is -0.392 e. The highest BCUT2D eigenvalue weighted by Gasteiger charge is 2.02. The van der Waals surface area contributed by atoms with E-state index < -0.39 is 6.10 Å². The molecule has 1 atom stereocenters. The molecule has 0 aliphatic rings. The van der Waals surface area contributed by atoms with Gasteiger partial charge in [-0.1, -0.05) is 0 Å². The normalized spacial score (nSPS) is 11.9. The third-order valence-corrected chi connectivity index (χ3v) is 2.00. The third-order valence-electron chi connectivity index (χ3n) is 2.00. The van der Waals surface area contributed by atoms with Gasteiger partial charge in [0.15, 0.2) is 0 Å². The fourth-order valence-electron chi connectivity index (χ4n) is 1.18. The van der Waals surface area contributed by atoms with Crippen LogP contribution in [-0.4, -0.2) is 35.2 Å². The second kappa shape index (κ2) is 6.82. The SMILES string of the molecule is CC(O)CNc1ccc(NC(=O)CCN)cn1. The van der Waals surface area contributed by atoms with Crippen LogP contribution in [0.2, 0.25) is 0 Å². The van der Waals surface area contributed by atoms with Crippen LogP contribution in [0, 0.1) is 0 Å². The predicted molar refractivity (Wildman–Crippen MR) is 66.7 cm³/mol. The number of carbonyl (C=O) groups excluding carboxylic acids is 1. The first kappa shape index (κ1) is 13.4. The quantitative estimate of drug-likeness (QED) is 0.565. The van der Waals surface area contributed by atoms with Crippen LogP contribution in [0.5, 0.6) is 0 Å². The van der Waals surface area contributed by atoms with Crippen LogP contribution in [0.3, 0.4) is 0 Å². The van der Waals surface area contributed by atoms with Crippen molar-refractivity contribution >= 4 is 17.4 Å². The van der Waals surface area contributed by atoms with Gasteiger partial charge in [-0.05, 0) is 19.1 Å². The van der Waals surface area contributed by atoms with Crippen molar-refractivity contribution in [3.05, 3.63) is 18.3 Å². The number of aliphatic hydroxyl groups is 1. The summed E-state index contributed by atoms with van der Waals surface area (Å²) < 4.78 is 0. The van der Waals surface area contributed by atoms with E-state index in [2.05, 4.69) is 15.6 Å². The molecule has 17 heavy (non-hydrogen) atoms. The largest absolute Gasteiger partial charge is 0.392 e. The molecule has 1 unspecified atom stereocenters. The highest BCUT2D eigenvalue weighted by molar-refractivity contribution is 5.90. The van der Waals surface area contributed by atoms with E-state index in [1.807, 2.05) is 0 Å². The van der Waals surface area contributed by atoms with Crippen molar-refractivity contribution in [1.82, 2.24) is 4.98 Å². The first-order chi connectivity index (χ1) is 8.11. The smallest absolute Gasteiger partial charge is 0.225 e. The molecule has 1 rings (SSSR count). The second-order valence-corrected chi connectivity index (χ2v) is 3.75. The number of hydrogen-bond donors (Lipinski definition) is 4. The zero-order valence-electron chi connectivity index (χ0n) is 9.81. The molecule has 0 spiro atoms. The molecule has 0 aromatic carbocycles. The average Bonchev–Trinajstić information content (AvgIpc) is 2.28. The minimum atomic E-state index is -0.430. The topological polar surface area (TPSA) is 100 Å². The van der Waals surface area contributed by atoms with Gasteiger partial charge in [0.1, 0.15) is 5.82 Å². The predicted octanol–water partition coefficient (Wildman–Crippen LogP) is 0.162. The number of nitrogens with two attached hydrogens (primary N) is 1. The molecule has 6 nitrogen and oxygen atoms in total. The minimum absolute atomic E-state index is 0.126. The molecule has 0 saturated heterocycles. The number of carbonyl (C=O) groups is 1. The van der Waals surface area contributed by atoms with Crippen LogP contribution < -0.4 is 16.4 Å². The van der Waals surface area contributed by atoms with Crippen LogP contribution in [-0.2, 0) is 4.79 Å². The Hall–Kier alpha value is -1.66. The van der Waals surface area contributed by atoms with E-state index in [-0.39, 0.29) is 5.91 Å². The number of nitrogens with one attached hydrogen (secondary N) is 2. The van der Waals surface area contributed by atoms with Gasteiger partial charge in [-0.2, -0.15) is 0 Å². The molecule has 0 radical (unpaired) electrons. The van der Waals surface area contributed by atoms with Crippen molar-refractivity contribution in [3.63, 3.8) is 0 Å². The number of aromatic nitrogens is 1. The standard InChI is InChI=1S/C11H18N4O2/c1-8(16)6-13-10-3-2-9(7-14-10)15-11(17)4-5-12/h2-3,7-8,16H,4-6,12H2,1H3,(H,13,14)(H,15,17). The fourth-order valence-corrected chi connectivity index (χ4v) is 1.18. The number of nitrogens with zero attached hydrogens (tertiary/aromatic N) is 1. The lowest BCUT2D eigenvalue weighted by Crippen LogP contribution is -2.17. The molecule has 1 aromatic rings. The number of hydrogen-bond acceptors (Lipinski definition) is 5. The highest BCUT2D eigenvalue weighted by atomic mass is 16.3. The fraction of sp³-hybridized carbons (Fsp3) is 0.455. The molecular formula is C11H18N4O2.